The fourth-order valence-electron chi connectivity index (χ4n) is 2.69. The zero-order valence-electron chi connectivity index (χ0n) is 12.6. The highest BCUT2D eigenvalue weighted by Crippen LogP contribution is 2.21. The number of carbonyl (C=O) groups is 1. The Labute approximate surface area is 125 Å². The summed E-state index contributed by atoms with van der Waals surface area (Å²) in [5.74, 6) is 0.0985. The molecule has 3 aromatic carbocycles. The number of hydrogen-bond acceptors (Lipinski definition) is 1. The summed E-state index contributed by atoms with van der Waals surface area (Å²) in [5, 5.41) is 2.26. The van der Waals surface area contributed by atoms with Crippen molar-refractivity contribution in [2.24, 2.45) is 0 Å². The van der Waals surface area contributed by atoms with Crippen LogP contribution in [-0.2, 0) is 0 Å². The highest BCUT2D eigenvalue weighted by Gasteiger charge is 2.13. The van der Waals surface area contributed by atoms with Crippen molar-refractivity contribution in [1.29, 1.82) is 0 Å². The van der Waals surface area contributed by atoms with Crippen LogP contribution in [0.1, 0.15) is 32.6 Å². The molecule has 1 heteroatoms. The van der Waals surface area contributed by atoms with Crippen LogP contribution in [0.15, 0.2) is 54.6 Å². The van der Waals surface area contributed by atoms with Crippen LogP contribution in [0.2, 0.25) is 0 Å². The van der Waals surface area contributed by atoms with E-state index in [1.807, 2.05) is 56.3 Å². The van der Waals surface area contributed by atoms with E-state index in [0.29, 0.717) is 0 Å². The van der Waals surface area contributed by atoms with E-state index < -0.39 is 0 Å². The molecule has 0 amide bonds. The second-order valence-corrected chi connectivity index (χ2v) is 5.64. The topological polar surface area (TPSA) is 17.1 Å². The molecule has 104 valence electrons. The number of aryl methyl sites for hydroxylation is 3. The molecule has 3 aromatic rings. The average Bonchev–Trinajstić information content (AvgIpc) is 2.50. The van der Waals surface area contributed by atoms with Crippen LogP contribution in [0, 0.1) is 20.8 Å². The molecule has 0 N–H and O–H groups in total. The number of fused-ring (bicyclic) bond motifs is 1. The first-order valence-electron chi connectivity index (χ1n) is 7.17. The van der Waals surface area contributed by atoms with E-state index in [9.17, 15) is 4.79 Å². The minimum absolute atomic E-state index is 0.0985. The molecule has 0 aliphatic rings. The Morgan fingerprint density at radius 3 is 2.14 bits per heavy atom. The first-order chi connectivity index (χ1) is 10.1. The average molecular weight is 274 g/mol. The van der Waals surface area contributed by atoms with Crippen LogP contribution < -0.4 is 0 Å². The van der Waals surface area contributed by atoms with Crippen molar-refractivity contribution in [1.82, 2.24) is 0 Å². The van der Waals surface area contributed by atoms with Crippen LogP contribution >= 0.6 is 0 Å². The summed E-state index contributed by atoms with van der Waals surface area (Å²) in [7, 11) is 0. The van der Waals surface area contributed by atoms with Gasteiger partial charge in [0.25, 0.3) is 0 Å². The van der Waals surface area contributed by atoms with E-state index in [1.165, 1.54) is 5.56 Å². The van der Waals surface area contributed by atoms with Crippen molar-refractivity contribution in [2.75, 3.05) is 0 Å². The Bertz CT molecular complexity index is 844. The third kappa shape index (κ3) is 2.47. The number of ketones is 1. The van der Waals surface area contributed by atoms with E-state index in [4.69, 9.17) is 0 Å². The molecule has 0 aliphatic heterocycles. The number of benzene rings is 3. The molecule has 0 bridgehead atoms. The third-order valence-corrected chi connectivity index (χ3v) is 4.10. The molecule has 0 aromatic heterocycles. The van der Waals surface area contributed by atoms with Gasteiger partial charge in [-0.25, -0.2) is 0 Å². The predicted molar refractivity (Wildman–Crippen MR) is 88.0 cm³/mol. The fourth-order valence-corrected chi connectivity index (χ4v) is 2.69. The van der Waals surface area contributed by atoms with Crippen molar-refractivity contribution in [3.63, 3.8) is 0 Å². The number of hydrogen-bond donors (Lipinski definition) is 0. The molecular formula is C20H18O. The minimum atomic E-state index is 0.0985. The quantitative estimate of drug-likeness (QED) is 0.601. The largest absolute Gasteiger partial charge is 0.289 e. The molecular weight excluding hydrogens is 256 g/mol. The van der Waals surface area contributed by atoms with Gasteiger partial charge in [0.05, 0.1) is 0 Å². The lowest BCUT2D eigenvalue weighted by molar-refractivity contribution is 0.103. The van der Waals surface area contributed by atoms with Crippen LogP contribution in [0.3, 0.4) is 0 Å². The van der Waals surface area contributed by atoms with Crippen molar-refractivity contribution >= 4 is 16.6 Å². The molecule has 0 radical (unpaired) electrons. The van der Waals surface area contributed by atoms with Gasteiger partial charge in [-0.1, -0.05) is 42.5 Å². The van der Waals surface area contributed by atoms with Gasteiger partial charge in [0.1, 0.15) is 0 Å². The second kappa shape index (κ2) is 5.17. The van der Waals surface area contributed by atoms with Gasteiger partial charge in [-0.05, 0) is 60.4 Å². The monoisotopic (exact) mass is 274 g/mol. The molecule has 0 unspecified atom stereocenters. The van der Waals surface area contributed by atoms with E-state index in [-0.39, 0.29) is 5.78 Å². The minimum Gasteiger partial charge on any atom is -0.289 e. The molecule has 0 atom stereocenters. The number of rotatable bonds is 2. The van der Waals surface area contributed by atoms with E-state index in [1.54, 1.807) is 0 Å². The fraction of sp³-hybridized carbons (Fsp3) is 0.150. The van der Waals surface area contributed by atoms with Crippen LogP contribution in [0.4, 0.5) is 0 Å². The maximum atomic E-state index is 12.8. The first-order valence-corrected chi connectivity index (χ1v) is 7.17. The maximum absolute atomic E-state index is 12.8. The highest BCUT2D eigenvalue weighted by atomic mass is 16.1. The standard InChI is InChI=1S/C20H18O/c1-13-10-15(3)19(11-14(13)2)20(21)18-9-8-16-6-4-5-7-17(16)12-18/h4-12H,1-3H3. The van der Waals surface area contributed by atoms with Gasteiger partial charge in [-0.3, -0.25) is 4.79 Å². The van der Waals surface area contributed by atoms with Gasteiger partial charge >= 0.3 is 0 Å². The molecule has 0 fully saturated rings. The Morgan fingerprint density at radius 1 is 0.714 bits per heavy atom. The Hall–Kier alpha value is -2.41. The molecule has 1 nitrogen and oxygen atoms in total. The van der Waals surface area contributed by atoms with Crippen LogP contribution in [0.5, 0.6) is 0 Å². The summed E-state index contributed by atoms with van der Waals surface area (Å²) in [6.07, 6.45) is 0. The van der Waals surface area contributed by atoms with Gasteiger partial charge in [-0.15, -0.1) is 0 Å². The first kappa shape index (κ1) is 13.6. The summed E-state index contributed by atoms with van der Waals surface area (Å²) in [6.45, 7) is 6.12. The van der Waals surface area contributed by atoms with Crippen molar-refractivity contribution < 1.29 is 4.79 Å². The zero-order chi connectivity index (χ0) is 15.0. The van der Waals surface area contributed by atoms with Crippen LogP contribution in [-0.4, -0.2) is 5.78 Å². The molecule has 0 aliphatic carbocycles. The summed E-state index contributed by atoms with van der Waals surface area (Å²) < 4.78 is 0. The molecule has 0 saturated heterocycles. The van der Waals surface area contributed by atoms with Gasteiger partial charge < -0.3 is 0 Å². The normalized spacial score (nSPS) is 10.8. The summed E-state index contributed by atoms with van der Waals surface area (Å²) >= 11 is 0. The van der Waals surface area contributed by atoms with Gasteiger partial charge in [0.2, 0.25) is 0 Å². The molecule has 0 saturated carbocycles. The summed E-state index contributed by atoms with van der Waals surface area (Å²) in [5.41, 5.74) is 4.97. The third-order valence-electron chi connectivity index (χ3n) is 4.10. The highest BCUT2D eigenvalue weighted by molar-refractivity contribution is 6.11. The lowest BCUT2D eigenvalue weighted by Gasteiger charge is -2.09. The summed E-state index contributed by atoms with van der Waals surface area (Å²) in [4.78, 5) is 12.8. The number of carbonyl (C=O) groups excluding carboxylic acids is 1. The Balaban J connectivity index is 2.10. The Kier molecular flexibility index (Phi) is 3.34. The van der Waals surface area contributed by atoms with Crippen molar-refractivity contribution in [3.8, 4) is 0 Å². The van der Waals surface area contributed by atoms with E-state index in [2.05, 4.69) is 19.1 Å². The molecule has 3 rings (SSSR count). The van der Waals surface area contributed by atoms with Gasteiger partial charge in [-0.2, -0.15) is 0 Å². The predicted octanol–water partition coefficient (Wildman–Crippen LogP) is 5.00. The zero-order valence-corrected chi connectivity index (χ0v) is 12.6. The molecule has 21 heavy (non-hydrogen) atoms. The summed E-state index contributed by atoms with van der Waals surface area (Å²) in [6, 6.07) is 18.1. The molecule has 0 heterocycles. The SMILES string of the molecule is Cc1cc(C)c(C(=O)c2ccc3ccccc3c2)cc1C. The molecule has 0 spiro atoms. The van der Waals surface area contributed by atoms with Crippen LogP contribution in [0.25, 0.3) is 10.8 Å². The van der Waals surface area contributed by atoms with Crippen molar-refractivity contribution in [2.45, 2.75) is 20.8 Å². The van der Waals surface area contributed by atoms with Crippen molar-refractivity contribution in [3.05, 3.63) is 82.4 Å². The maximum Gasteiger partial charge on any atom is 0.193 e. The lowest BCUT2D eigenvalue weighted by Crippen LogP contribution is -2.05. The van der Waals surface area contributed by atoms with Gasteiger partial charge in [0, 0.05) is 11.1 Å². The van der Waals surface area contributed by atoms with Gasteiger partial charge in [0.15, 0.2) is 5.78 Å². The van der Waals surface area contributed by atoms with E-state index in [0.717, 1.165) is 33.0 Å². The Morgan fingerprint density at radius 2 is 1.38 bits per heavy atom. The smallest absolute Gasteiger partial charge is 0.193 e. The lowest BCUT2D eigenvalue weighted by atomic mass is 9.94. The second-order valence-electron chi connectivity index (χ2n) is 5.64. The van der Waals surface area contributed by atoms with E-state index >= 15 is 0 Å².